The smallest absolute Gasteiger partial charge is 0.306 e. The van der Waals surface area contributed by atoms with Crippen molar-refractivity contribution in [2.75, 3.05) is 13.2 Å². The predicted molar refractivity (Wildman–Crippen MR) is 162 cm³/mol. The average Bonchev–Trinajstić information content (AvgIpc) is 3.53. The number of carbonyl (C=O) groups excluding carboxylic acids is 4. The number of aryl methyl sites for hydroxylation is 1. The Balaban J connectivity index is 1.56. The highest BCUT2D eigenvalue weighted by atomic mass is 16.5. The van der Waals surface area contributed by atoms with Gasteiger partial charge in [0, 0.05) is 30.7 Å². The second-order valence-corrected chi connectivity index (χ2v) is 12.7. The summed E-state index contributed by atoms with van der Waals surface area (Å²) in [6.07, 6.45) is 11.0. The first-order chi connectivity index (χ1) is 20.3. The third-order valence-electron chi connectivity index (χ3n) is 9.54. The van der Waals surface area contributed by atoms with E-state index in [9.17, 15) is 19.2 Å². The van der Waals surface area contributed by atoms with Crippen molar-refractivity contribution < 1.29 is 28.7 Å². The Kier molecular flexibility index (Phi) is 11.5. The maximum atomic E-state index is 14.1. The molecule has 2 heterocycles. The summed E-state index contributed by atoms with van der Waals surface area (Å²) in [5.41, 5.74) is 1.66. The highest BCUT2D eigenvalue weighted by Crippen LogP contribution is 2.57. The molecule has 3 aliphatic rings. The van der Waals surface area contributed by atoms with Gasteiger partial charge in [-0.05, 0) is 56.1 Å². The molecule has 1 aromatic rings. The average molecular weight is 580 g/mol. The van der Waals surface area contributed by atoms with Gasteiger partial charge in [-0.2, -0.15) is 0 Å². The van der Waals surface area contributed by atoms with Gasteiger partial charge in [-0.15, -0.1) is 6.58 Å². The van der Waals surface area contributed by atoms with E-state index < -0.39 is 17.4 Å². The fourth-order valence-electron chi connectivity index (χ4n) is 6.77. The number of unbranched alkanes of at least 4 members (excludes halogenated alkanes) is 1. The van der Waals surface area contributed by atoms with Crippen LogP contribution < -0.4 is 0 Å². The number of amides is 1. The van der Waals surface area contributed by atoms with Crippen LogP contribution in [0.15, 0.2) is 36.9 Å². The van der Waals surface area contributed by atoms with Crippen molar-refractivity contribution in [1.29, 1.82) is 0 Å². The third-order valence-corrected chi connectivity index (χ3v) is 9.54. The molecule has 230 valence electrons. The van der Waals surface area contributed by atoms with E-state index in [1.807, 2.05) is 0 Å². The highest BCUT2D eigenvalue weighted by Gasteiger charge is 2.58. The van der Waals surface area contributed by atoms with Crippen molar-refractivity contribution >= 4 is 23.4 Å². The van der Waals surface area contributed by atoms with Crippen molar-refractivity contribution in [3.63, 3.8) is 0 Å². The number of hydrogen-bond acceptors (Lipinski definition) is 6. The van der Waals surface area contributed by atoms with E-state index in [-0.39, 0.29) is 48.3 Å². The largest absolute Gasteiger partial charge is 0.466 e. The normalized spacial score (nSPS) is 29.4. The zero-order valence-electron chi connectivity index (χ0n) is 25.6. The molecule has 0 spiro atoms. The number of rotatable bonds is 8. The standard InChI is InChI=1S/C35H49NO6/c1-4-6-16-28-19-33(39)41-17-11-9-7-8-10-13-26-14-12-15-27(18-26)24-42-30-20-31(36(23-30)34(28)40)32(38)22-35(25(3)37)21-29(35)5-2/h5,12,14-15,18,28-31H,2,4,6-11,13,16-17,19-24H2,1,3H3/t28-,29-,30-,31+,35+/m1/s1. The number of ketones is 2. The highest BCUT2D eigenvalue weighted by molar-refractivity contribution is 5.97. The van der Waals surface area contributed by atoms with Crippen molar-refractivity contribution in [2.24, 2.45) is 17.3 Å². The Hall–Kier alpha value is -2.80. The summed E-state index contributed by atoms with van der Waals surface area (Å²) < 4.78 is 11.9. The molecular formula is C35H49NO6. The molecular weight excluding hydrogens is 530 g/mol. The quantitative estimate of drug-likeness (QED) is 0.271. The minimum absolute atomic E-state index is 0.00293. The van der Waals surface area contributed by atoms with Gasteiger partial charge in [0.05, 0.1) is 31.8 Å². The maximum absolute atomic E-state index is 14.1. The van der Waals surface area contributed by atoms with E-state index in [1.165, 1.54) is 5.56 Å². The van der Waals surface area contributed by atoms with E-state index in [2.05, 4.69) is 37.8 Å². The lowest BCUT2D eigenvalue weighted by molar-refractivity contribution is -0.150. The molecule has 0 aromatic heterocycles. The minimum Gasteiger partial charge on any atom is -0.466 e. The number of Topliss-reactive ketones (excluding diaryl/α,β-unsaturated/α-hetero) is 2. The SMILES string of the molecule is C=C[C@@H]1C[C@]1(CC(=O)[C@@H]1C[C@@H]2CN1C(=O)[C@H](CCCC)CC(=O)OCCCCCCCc1cccc(c1)CO2)C(C)=O. The van der Waals surface area contributed by atoms with Gasteiger partial charge in [0.15, 0.2) is 5.78 Å². The molecule has 2 fully saturated rings. The predicted octanol–water partition coefficient (Wildman–Crippen LogP) is 6.16. The molecule has 1 saturated heterocycles. The number of allylic oxidation sites excluding steroid dienone is 1. The molecule has 0 radical (unpaired) electrons. The van der Waals surface area contributed by atoms with Gasteiger partial charge in [0.25, 0.3) is 0 Å². The molecule has 1 amide bonds. The molecule has 4 bridgehead atoms. The Morgan fingerprint density at radius 1 is 1.12 bits per heavy atom. The maximum Gasteiger partial charge on any atom is 0.306 e. The van der Waals surface area contributed by atoms with E-state index in [4.69, 9.17) is 9.47 Å². The van der Waals surface area contributed by atoms with Crippen molar-refractivity contribution in [2.45, 2.75) is 116 Å². The van der Waals surface area contributed by atoms with Gasteiger partial charge >= 0.3 is 5.97 Å². The molecule has 1 aromatic carbocycles. The number of hydrogen-bond donors (Lipinski definition) is 0. The summed E-state index contributed by atoms with van der Waals surface area (Å²) >= 11 is 0. The van der Waals surface area contributed by atoms with Crippen LogP contribution in [0.1, 0.15) is 102 Å². The van der Waals surface area contributed by atoms with Crippen LogP contribution in [0.5, 0.6) is 0 Å². The summed E-state index contributed by atoms with van der Waals surface area (Å²) in [5.74, 6) is -1.20. The van der Waals surface area contributed by atoms with Crippen LogP contribution in [0.4, 0.5) is 0 Å². The number of ether oxygens (including phenoxy) is 2. The molecule has 4 rings (SSSR count). The summed E-state index contributed by atoms with van der Waals surface area (Å²) in [5, 5.41) is 0. The Morgan fingerprint density at radius 3 is 2.62 bits per heavy atom. The van der Waals surface area contributed by atoms with Crippen molar-refractivity contribution in [1.82, 2.24) is 4.90 Å². The molecule has 42 heavy (non-hydrogen) atoms. The van der Waals surface area contributed by atoms with Gasteiger partial charge < -0.3 is 14.4 Å². The van der Waals surface area contributed by atoms with Gasteiger partial charge in [0.2, 0.25) is 5.91 Å². The first-order valence-electron chi connectivity index (χ1n) is 16.1. The molecule has 7 nitrogen and oxygen atoms in total. The first kappa shape index (κ1) is 32.1. The Bertz CT molecular complexity index is 1130. The van der Waals surface area contributed by atoms with Crippen molar-refractivity contribution in [3.8, 4) is 0 Å². The molecule has 2 aliphatic heterocycles. The lowest BCUT2D eigenvalue weighted by Crippen LogP contribution is -2.45. The van der Waals surface area contributed by atoms with Crippen LogP contribution in [0.25, 0.3) is 0 Å². The Labute approximate surface area is 251 Å². The minimum atomic E-state index is -0.706. The number of esters is 1. The summed E-state index contributed by atoms with van der Waals surface area (Å²) in [6, 6.07) is 7.79. The summed E-state index contributed by atoms with van der Waals surface area (Å²) in [4.78, 5) is 54.9. The molecule has 0 unspecified atom stereocenters. The van der Waals surface area contributed by atoms with E-state index in [0.29, 0.717) is 39.0 Å². The number of carbonyl (C=O) groups is 4. The van der Waals surface area contributed by atoms with Gasteiger partial charge in [-0.25, -0.2) is 0 Å². The molecule has 1 saturated carbocycles. The first-order valence-corrected chi connectivity index (χ1v) is 16.1. The van der Waals surface area contributed by atoms with Crippen LogP contribution in [0.3, 0.4) is 0 Å². The van der Waals surface area contributed by atoms with E-state index in [1.54, 1.807) is 17.9 Å². The second-order valence-electron chi connectivity index (χ2n) is 12.7. The molecule has 1 aliphatic carbocycles. The topological polar surface area (TPSA) is 90.0 Å². The van der Waals surface area contributed by atoms with Crippen molar-refractivity contribution in [3.05, 3.63) is 48.0 Å². The lowest BCUT2D eigenvalue weighted by Gasteiger charge is -2.28. The number of nitrogens with zero attached hydrogens (tertiary/aromatic N) is 1. The van der Waals surface area contributed by atoms with E-state index >= 15 is 0 Å². The van der Waals surface area contributed by atoms with Gasteiger partial charge in [-0.1, -0.05) is 69.4 Å². The third kappa shape index (κ3) is 8.18. The molecule has 5 atom stereocenters. The zero-order valence-corrected chi connectivity index (χ0v) is 25.6. The number of benzene rings is 1. The van der Waals surface area contributed by atoms with Gasteiger partial charge in [-0.3, -0.25) is 19.2 Å². The second kappa shape index (κ2) is 15.1. The zero-order chi connectivity index (χ0) is 30.1. The molecule has 7 heteroatoms. The van der Waals surface area contributed by atoms with Gasteiger partial charge in [0.1, 0.15) is 5.78 Å². The lowest BCUT2D eigenvalue weighted by atomic mass is 9.88. The molecule has 0 N–H and O–H groups in total. The summed E-state index contributed by atoms with van der Waals surface area (Å²) in [7, 11) is 0. The number of fused-ring (bicyclic) bond motifs is 4. The van der Waals surface area contributed by atoms with Crippen LogP contribution in [0.2, 0.25) is 0 Å². The van der Waals surface area contributed by atoms with Crippen LogP contribution in [-0.2, 0) is 41.7 Å². The fraction of sp³-hybridized carbons (Fsp3) is 0.657. The fourth-order valence-corrected chi connectivity index (χ4v) is 6.77. The monoisotopic (exact) mass is 579 g/mol. The van der Waals surface area contributed by atoms with Crippen LogP contribution >= 0.6 is 0 Å². The Morgan fingerprint density at radius 2 is 1.88 bits per heavy atom. The van der Waals surface area contributed by atoms with E-state index in [0.717, 1.165) is 56.9 Å². The van der Waals surface area contributed by atoms with Crippen LogP contribution in [-0.4, -0.2) is 53.6 Å². The summed E-state index contributed by atoms with van der Waals surface area (Å²) in [6.45, 7) is 8.52. The van der Waals surface area contributed by atoms with Crippen LogP contribution in [0, 0.1) is 17.3 Å². The number of cyclic esters (lactones) is 1.